The molecule has 1 heterocycles. The van der Waals surface area contributed by atoms with Crippen LogP contribution in [0.1, 0.15) is 24.8 Å². The summed E-state index contributed by atoms with van der Waals surface area (Å²) >= 11 is 0. The number of halogens is 2. The fourth-order valence-electron chi connectivity index (χ4n) is 4.49. The summed E-state index contributed by atoms with van der Waals surface area (Å²) in [6.45, 7) is 0. The van der Waals surface area contributed by atoms with Crippen LogP contribution in [0.2, 0.25) is 0 Å². The zero-order valence-electron chi connectivity index (χ0n) is 15.7. The third-order valence-corrected chi connectivity index (χ3v) is 6.84. The first kappa shape index (κ1) is 20.4. The van der Waals surface area contributed by atoms with Crippen LogP contribution in [0.25, 0.3) is 11.1 Å². The summed E-state index contributed by atoms with van der Waals surface area (Å²) in [6.07, 6.45) is 1.57. The number of hydrogen-bond acceptors (Lipinski definition) is 4. The molecule has 4 N–H and O–H groups in total. The quantitative estimate of drug-likeness (QED) is 0.638. The van der Waals surface area contributed by atoms with Gasteiger partial charge in [-0.3, -0.25) is 10.1 Å². The van der Waals surface area contributed by atoms with E-state index in [1.807, 2.05) is 0 Å². The van der Waals surface area contributed by atoms with Crippen LogP contribution in [-0.2, 0) is 21.2 Å². The number of rotatable bonds is 4. The third kappa shape index (κ3) is 3.35. The van der Waals surface area contributed by atoms with E-state index in [4.69, 9.17) is 5.14 Å². The normalized spacial score (nSPS) is 23.6. The second-order valence-electron chi connectivity index (χ2n) is 7.63. The molecule has 4 rings (SSSR count). The number of imide groups is 1. The molecule has 2 aromatic rings. The van der Waals surface area contributed by atoms with Gasteiger partial charge in [-0.05, 0) is 60.1 Å². The lowest BCUT2D eigenvalue weighted by atomic mass is 9.81. The number of sulfonamides is 1. The van der Waals surface area contributed by atoms with Gasteiger partial charge in [-0.15, -0.1) is 0 Å². The lowest BCUT2D eigenvalue weighted by Gasteiger charge is -2.29. The first-order chi connectivity index (χ1) is 14.1. The zero-order chi connectivity index (χ0) is 21.7. The highest BCUT2D eigenvalue weighted by atomic mass is 32.2. The predicted molar refractivity (Wildman–Crippen MR) is 104 cm³/mol. The van der Waals surface area contributed by atoms with Gasteiger partial charge >= 0.3 is 6.03 Å². The van der Waals surface area contributed by atoms with Crippen molar-refractivity contribution in [2.24, 2.45) is 11.1 Å². The van der Waals surface area contributed by atoms with Crippen LogP contribution in [0.15, 0.2) is 41.3 Å². The van der Waals surface area contributed by atoms with E-state index in [0.29, 0.717) is 30.4 Å². The molecule has 0 bridgehead atoms. The maximum absolute atomic E-state index is 15.4. The Morgan fingerprint density at radius 3 is 2.40 bits per heavy atom. The highest BCUT2D eigenvalue weighted by Crippen LogP contribution is 2.42. The Hall–Kier alpha value is -2.85. The van der Waals surface area contributed by atoms with Crippen molar-refractivity contribution in [2.75, 3.05) is 0 Å². The number of urea groups is 1. The fraction of sp³-hybridized carbons (Fsp3) is 0.300. The van der Waals surface area contributed by atoms with Gasteiger partial charge in [0.25, 0.3) is 5.91 Å². The predicted octanol–water partition coefficient (Wildman–Crippen LogP) is 2.20. The Morgan fingerprint density at radius 1 is 1.10 bits per heavy atom. The molecule has 0 radical (unpaired) electrons. The van der Waals surface area contributed by atoms with Crippen molar-refractivity contribution in [3.8, 4) is 11.1 Å². The van der Waals surface area contributed by atoms with Gasteiger partial charge in [0.2, 0.25) is 10.0 Å². The molecule has 1 aliphatic carbocycles. The lowest BCUT2D eigenvalue weighted by molar-refractivity contribution is -0.125. The van der Waals surface area contributed by atoms with Gasteiger partial charge in [0, 0.05) is 0 Å². The molecule has 2 unspecified atom stereocenters. The Bertz CT molecular complexity index is 1150. The van der Waals surface area contributed by atoms with Gasteiger partial charge in [-0.1, -0.05) is 24.6 Å². The molecule has 1 spiro atoms. The summed E-state index contributed by atoms with van der Waals surface area (Å²) < 4.78 is 52.4. The standard InChI is InChI=1S/C20H19F2N3O4S/c21-13-5-3-11(4-6-13)14-7-8-16(30(23,28)29)17(22)15(14)10-12-2-1-9-20(12)18(26)24-19(27)25-20/h3-8,12H,1-2,9-10H2,(H2,23,28,29)(H2,24,25,26,27). The number of nitrogens with two attached hydrogens (primary N) is 1. The van der Waals surface area contributed by atoms with E-state index < -0.39 is 49.9 Å². The second kappa shape index (κ2) is 7.13. The smallest absolute Gasteiger partial charge is 0.322 e. The van der Waals surface area contributed by atoms with Crippen LogP contribution in [0.5, 0.6) is 0 Å². The summed E-state index contributed by atoms with van der Waals surface area (Å²) in [5, 5.41) is 10.1. The van der Waals surface area contributed by atoms with Crippen molar-refractivity contribution in [3.05, 3.63) is 53.6 Å². The molecular formula is C20H19F2N3O4S. The Balaban J connectivity index is 1.83. The van der Waals surface area contributed by atoms with E-state index in [-0.39, 0.29) is 12.0 Å². The van der Waals surface area contributed by atoms with Gasteiger partial charge in [0.15, 0.2) is 0 Å². The minimum Gasteiger partial charge on any atom is -0.323 e. The minimum atomic E-state index is -4.33. The number of carbonyl (C=O) groups excluding carboxylic acids is 2. The molecule has 2 fully saturated rings. The molecule has 1 saturated heterocycles. The van der Waals surface area contributed by atoms with Crippen molar-refractivity contribution in [2.45, 2.75) is 36.1 Å². The molecule has 2 aliphatic rings. The number of primary sulfonamides is 1. The first-order valence-electron chi connectivity index (χ1n) is 9.35. The maximum atomic E-state index is 15.4. The molecule has 3 amide bonds. The van der Waals surface area contributed by atoms with Gasteiger partial charge in [0.1, 0.15) is 22.1 Å². The summed E-state index contributed by atoms with van der Waals surface area (Å²) in [7, 11) is -4.33. The fourth-order valence-corrected chi connectivity index (χ4v) is 5.12. The van der Waals surface area contributed by atoms with Gasteiger partial charge in [0.05, 0.1) is 0 Å². The topological polar surface area (TPSA) is 118 Å². The average molecular weight is 435 g/mol. The van der Waals surface area contributed by atoms with E-state index >= 15 is 4.39 Å². The Morgan fingerprint density at radius 2 is 1.80 bits per heavy atom. The average Bonchev–Trinajstić information content (AvgIpc) is 3.19. The number of amides is 3. The van der Waals surface area contributed by atoms with Crippen LogP contribution in [-0.4, -0.2) is 25.9 Å². The minimum absolute atomic E-state index is 0.00436. The number of benzene rings is 2. The van der Waals surface area contributed by atoms with Crippen molar-refractivity contribution < 1.29 is 26.8 Å². The molecule has 1 saturated carbocycles. The number of carbonyl (C=O) groups is 2. The highest BCUT2D eigenvalue weighted by molar-refractivity contribution is 7.89. The molecule has 158 valence electrons. The summed E-state index contributed by atoms with van der Waals surface area (Å²) in [6, 6.07) is 7.22. The first-order valence-corrected chi connectivity index (χ1v) is 10.9. The molecule has 2 atom stereocenters. The van der Waals surface area contributed by atoms with Crippen molar-refractivity contribution in [1.82, 2.24) is 10.6 Å². The van der Waals surface area contributed by atoms with Crippen LogP contribution < -0.4 is 15.8 Å². The molecule has 7 nitrogen and oxygen atoms in total. The molecule has 30 heavy (non-hydrogen) atoms. The molecule has 0 aromatic heterocycles. The van der Waals surface area contributed by atoms with Gasteiger partial charge < -0.3 is 5.32 Å². The molecule has 1 aliphatic heterocycles. The highest BCUT2D eigenvalue weighted by Gasteiger charge is 2.54. The zero-order valence-corrected chi connectivity index (χ0v) is 16.6. The Kier molecular flexibility index (Phi) is 4.86. The van der Waals surface area contributed by atoms with Gasteiger partial charge in [-0.25, -0.2) is 27.1 Å². The van der Waals surface area contributed by atoms with Crippen molar-refractivity contribution in [3.63, 3.8) is 0 Å². The second-order valence-corrected chi connectivity index (χ2v) is 9.16. The SMILES string of the molecule is NS(=O)(=O)c1ccc(-c2ccc(F)cc2)c(CC2CCCC23NC(=O)NC3=O)c1F. The summed E-state index contributed by atoms with van der Waals surface area (Å²) in [4.78, 5) is 23.5. The molecule has 10 heteroatoms. The molecular weight excluding hydrogens is 416 g/mol. The monoisotopic (exact) mass is 435 g/mol. The van der Waals surface area contributed by atoms with E-state index in [1.165, 1.54) is 30.3 Å². The summed E-state index contributed by atoms with van der Waals surface area (Å²) in [5.41, 5.74) is -0.264. The van der Waals surface area contributed by atoms with Crippen molar-refractivity contribution >= 4 is 22.0 Å². The van der Waals surface area contributed by atoms with Crippen molar-refractivity contribution in [1.29, 1.82) is 0 Å². The number of hydrogen-bond donors (Lipinski definition) is 3. The van der Waals surface area contributed by atoms with E-state index in [0.717, 1.165) is 6.07 Å². The van der Waals surface area contributed by atoms with Gasteiger partial charge in [-0.2, -0.15) is 0 Å². The van der Waals surface area contributed by atoms with Crippen LogP contribution in [0.4, 0.5) is 13.6 Å². The summed E-state index contributed by atoms with van der Waals surface area (Å²) in [5.74, 6) is -2.40. The molecule has 2 aromatic carbocycles. The number of nitrogens with one attached hydrogen (secondary N) is 2. The lowest BCUT2D eigenvalue weighted by Crippen LogP contribution is -2.50. The van der Waals surface area contributed by atoms with Crippen LogP contribution in [0.3, 0.4) is 0 Å². The van der Waals surface area contributed by atoms with Crippen LogP contribution >= 0.6 is 0 Å². The van der Waals surface area contributed by atoms with Crippen LogP contribution in [0, 0.1) is 17.6 Å². The third-order valence-electron chi connectivity index (χ3n) is 5.91. The van der Waals surface area contributed by atoms with E-state index in [2.05, 4.69) is 10.6 Å². The Labute approximate surface area is 171 Å². The largest absolute Gasteiger partial charge is 0.323 e. The van der Waals surface area contributed by atoms with E-state index in [9.17, 15) is 22.4 Å². The van der Waals surface area contributed by atoms with E-state index in [1.54, 1.807) is 0 Å². The maximum Gasteiger partial charge on any atom is 0.322 e.